The normalized spacial score (nSPS) is 18.0. The summed E-state index contributed by atoms with van der Waals surface area (Å²) < 4.78 is 28.4. The van der Waals surface area contributed by atoms with Crippen LogP contribution in [-0.4, -0.2) is 123 Å². The van der Waals surface area contributed by atoms with Gasteiger partial charge in [0.25, 0.3) is 5.91 Å². The van der Waals surface area contributed by atoms with Gasteiger partial charge < -0.3 is 40.1 Å². The van der Waals surface area contributed by atoms with Crippen LogP contribution in [0, 0.1) is 5.82 Å². The highest BCUT2D eigenvalue weighted by molar-refractivity contribution is 6.30. The summed E-state index contributed by atoms with van der Waals surface area (Å²) in [6.07, 6.45) is 10.8. The number of carbonyl (C=O) groups excluding carboxylic acids is 4. The summed E-state index contributed by atoms with van der Waals surface area (Å²) in [5.74, 6) is 1.11. The zero-order valence-electron chi connectivity index (χ0n) is 46.8. The number of unbranched alkanes of at least 4 members (excludes halogenated alkanes) is 5. The number of nitrogens with zero attached hydrogens (tertiary/aromatic N) is 9. The molecule has 0 radical (unpaired) electrons. The Labute approximate surface area is 488 Å². The number of urea groups is 1. The maximum Gasteiger partial charge on any atom is 0.326 e. The summed E-state index contributed by atoms with van der Waals surface area (Å²) in [6.45, 7) is 6.81. The molecule has 5 amide bonds. The lowest BCUT2D eigenvalue weighted by atomic mass is 9.93. The van der Waals surface area contributed by atoms with E-state index < -0.39 is 17.9 Å². The number of benzene rings is 4. The molecule has 0 saturated carbocycles. The molecule has 20 heteroatoms. The minimum absolute atomic E-state index is 0.0316. The van der Waals surface area contributed by atoms with Crippen molar-refractivity contribution in [1.29, 1.82) is 0 Å². The molecule has 0 aliphatic carbocycles. The predicted octanol–water partition coefficient (Wildman–Crippen LogP) is 11.1. The first-order valence-corrected chi connectivity index (χ1v) is 29.1. The number of amidine groups is 1. The van der Waals surface area contributed by atoms with Crippen molar-refractivity contribution in [3.8, 4) is 22.6 Å². The van der Waals surface area contributed by atoms with Gasteiger partial charge in [-0.25, -0.2) is 14.2 Å². The SMILES string of the molecule is COc1ccc(C2=N[C@@H](c3ccc(Cl)cc3)[C@@H](c3ccc(Cl)cc3)N2C(=O)N2CCN(CCCCCCCCC(=O)NCCn3cc4c(n3)CN(C)C(=O)c3ccc(F)cc3[C@H]3CCCN3c3cc-4cnc3N)C(=O)C2)c(OC(C)C)c1. The van der Waals surface area contributed by atoms with Crippen LogP contribution in [0.4, 0.5) is 20.7 Å². The number of hydrogen-bond acceptors (Lipinski definition) is 11. The highest BCUT2D eigenvalue weighted by Crippen LogP contribution is 2.47. The van der Waals surface area contributed by atoms with E-state index in [1.165, 1.54) is 12.1 Å². The van der Waals surface area contributed by atoms with Gasteiger partial charge >= 0.3 is 6.03 Å². The first kappa shape index (κ1) is 57.5. The number of nitrogens with two attached hydrogens (primary N) is 1. The quantitative estimate of drug-likeness (QED) is 0.0785. The summed E-state index contributed by atoms with van der Waals surface area (Å²) >= 11 is 12.8. The Morgan fingerprint density at radius 3 is 2.28 bits per heavy atom. The molecule has 82 heavy (non-hydrogen) atoms. The van der Waals surface area contributed by atoms with Crippen LogP contribution in [0.1, 0.15) is 128 Å². The lowest BCUT2D eigenvalue weighted by molar-refractivity contribution is -0.135. The molecule has 0 unspecified atom stereocenters. The van der Waals surface area contributed by atoms with Gasteiger partial charge in [-0.2, -0.15) is 5.10 Å². The fraction of sp³-hybridized carbons (Fsp3) is 0.403. The Morgan fingerprint density at radius 2 is 1.55 bits per heavy atom. The fourth-order valence-electron chi connectivity index (χ4n) is 11.6. The molecule has 4 aliphatic rings. The number of nitrogen functional groups attached to an aromatic ring is 1. The number of halogens is 3. The van der Waals surface area contributed by atoms with Crippen LogP contribution in [0.5, 0.6) is 11.5 Å². The summed E-state index contributed by atoms with van der Waals surface area (Å²) in [4.78, 5) is 74.7. The number of piperazine rings is 1. The summed E-state index contributed by atoms with van der Waals surface area (Å²) in [7, 11) is 3.31. The molecule has 2 fully saturated rings. The molecule has 17 nitrogen and oxygen atoms in total. The second-order valence-corrected chi connectivity index (χ2v) is 22.6. The van der Waals surface area contributed by atoms with Gasteiger partial charge in [-0.05, 0) is 117 Å². The molecular formula is C62H70Cl2FN11O6. The molecule has 2 aromatic heterocycles. The Bertz CT molecular complexity index is 3340. The van der Waals surface area contributed by atoms with Gasteiger partial charge in [0.1, 0.15) is 41.6 Å². The van der Waals surface area contributed by atoms with Crippen LogP contribution in [0.3, 0.4) is 0 Å². The van der Waals surface area contributed by atoms with E-state index >= 15 is 4.79 Å². The lowest BCUT2D eigenvalue weighted by Crippen LogP contribution is -2.56. The highest BCUT2D eigenvalue weighted by Gasteiger charge is 2.46. The van der Waals surface area contributed by atoms with Crippen molar-refractivity contribution in [2.75, 3.05) is 64.1 Å². The Kier molecular flexibility index (Phi) is 18.0. The van der Waals surface area contributed by atoms with Gasteiger partial charge in [-0.15, -0.1) is 0 Å². The van der Waals surface area contributed by atoms with Crippen LogP contribution in [-0.2, 0) is 22.7 Å². The number of rotatable bonds is 18. The number of aliphatic imine (C=N–C) groups is 1. The Balaban J connectivity index is 0.699. The number of amides is 5. The summed E-state index contributed by atoms with van der Waals surface area (Å²) in [5.41, 5.74) is 12.9. The fourth-order valence-corrected chi connectivity index (χ4v) is 11.9. The third-order valence-electron chi connectivity index (χ3n) is 15.8. The largest absolute Gasteiger partial charge is 0.497 e. The van der Waals surface area contributed by atoms with Crippen molar-refractivity contribution in [1.82, 2.24) is 39.7 Å². The smallest absolute Gasteiger partial charge is 0.326 e. The van der Waals surface area contributed by atoms with Crippen molar-refractivity contribution in [3.63, 3.8) is 0 Å². The molecule has 4 aliphatic heterocycles. The number of aromatic nitrogens is 3. The number of pyridine rings is 1. The maximum absolute atomic E-state index is 15.1. The zero-order valence-corrected chi connectivity index (χ0v) is 48.3. The van der Waals surface area contributed by atoms with Gasteiger partial charge in [0.15, 0.2) is 0 Å². The van der Waals surface area contributed by atoms with E-state index in [9.17, 15) is 18.8 Å². The van der Waals surface area contributed by atoms with Crippen molar-refractivity contribution in [2.24, 2.45) is 4.99 Å². The van der Waals surface area contributed by atoms with Gasteiger partial charge in [0, 0.05) is 91.4 Å². The number of fused-ring (bicyclic) bond motifs is 8. The second-order valence-electron chi connectivity index (χ2n) is 21.8. The van der Waals surface area contributed by atoms with Crippen LogP contribution < -0.4 is 25.4 Å². The number of methoxy groups -OCH3 is 1. The van der Waals surface area contributed by atoms with Crippen LogP contribution in [0.15, 0.2) is 108 Å². The monoisotopic (exact) mass is 1150 g/mol. The predicted molar refractivity (Wildman–Crippen MR) is 316 cm³/mol. The van der Waals surface area contributed by atoms with Crippen LogP contribution >= 0.6 is 23.2 Å². The van der Waals surface area contributed by atoms with Crippen molar-refractivity contribution >= 4 is 64.3 Å². The van der Waals surface area contributed by atoms with E-state index in [2.05, 4.69) is 15.2 Å². The highest BCUT2D eigenvalue weighted by atomic mass is 35.5. The molecule has 3 N–H and O–H groups in total. The average Bonchev–Trinajstić information content (AvgIpc) is 4.33. The maximum atomic E-state index is 15.1. The number of carbonyl (C=O) groups is 4. The van der Waals surface area contributed by atoms with Crippen molar-refractivity contribution in [3.05, 3.63) is 153 Å². The van der Waals surface area contributed by atoms with Gasteiger partial charge in [-0.1, -0.05) is 73.2 Å². The summed E-state index contributed by atoms with van der Waals surface area (Å²) in [5, 5.41) is 9.06. The average molecular weight is 1160 g/mol. The first-order valence-electron chi connectivity index (χ1n) is 28.3. The van der Waals surface area contributed by atoms with E-state index in [1.54, 1.807) is 64.0 Å². The Hall–Kier alpha value is -7.70. The summed E-state index contributed by atoms with van der Waals surface area (Å²) in [6, 6.07) is 25.0. The Morgan fingerprint density at radius 1 is 0.829 bits per heavy atom. The van der Waals surface area contributed by atoms with Crippen LogP contribution in [0.25, 0.3) is 11.1 Å². The number of anilines is 2. The van der Waals surface area contributed by atoms with Gasteiger partial charge in [0.2, 0.25) is 11.8 Å². The molecule has 10 rings (SSSR count). The number of nitrogens with one attached hydrogen (secondary N) is 1. The molecule has 430 valence electrons. The van der Waals surface area contributed by atoms with E-state index in [0.29, 0.717) is 101 Å². The second kappa shape index (κ2) is 25.6. The molecule has 2 saturated heterocycles. The molecular weight excluding hydrogens is 1080 g/mol. The van der Waals surface area contributed by atoms with Gasteiger partial charge in [0.05, 0.1) is 55.3 Å². The molecule has 3 atom stereocenters. The molecule has 6 aromatic rings. The van der Waals surface area contributed by atoms with E-state index in [4.69, 9.17) is 48.5 Å². The first-order chi connectivity index (χ1) is 39.6. The number of hydrogen-bond donors (Lipinski definition) is 2. The van der Waals surface area contributed by atoms with E-state index in [0.717, 1.165) is 79.3 Å². The topological polar surface area (TPSA) is 184 Å². The third kappa shape index (κ3) is 12.8. The zero-order chi connectivity index (χ0) is 57.6. The molecule has 4 aromatic carbocycles. The molecule has 0 spiro atoms. The van der Waals surface area contributed by atoms with Crippen LogP contribution in [0.2, 0.25) is 10.0 Å². The third-order valence-corrected chi connectivity index (χ3v) is 16.3. The standard InChI is InChI=1S/C62H70Cl2FN11O6/c1-39(2)82-54-34-46(81-4)23-25-48(54)60-69-57(40-14-18-43(63)19-15-40)58(41-16-20-44(64)21-17-41)76(60)62(80)73-31-30-72(56(78)38-73)27-10-8-6-5-7-9-13-55(77)67-26-29-74-36-50-42-32-53(59(66)68-35-42)75-28-11-12-52(75)49-33-45(65)22-24-47(49)61(79)71(3)37-51(50)70-74/h14-25,32-36,39,52,57-58H,5-13,26-31,37-38H2,1-4H3,(H2,66,68)(H,67,77)/t52-,57+,58-/m1/s1. The minimum Gasteiger partial charge on any atom is -0.497 e. The van der Waals surface area contributed by atoms with Gasteiger partial charge in [-0.3, -0.25) is 29.0 Å². The minimum atomic E-state index is -0.598. The van der Waals surface area contributed by atoms with Crippen molar-refractivity contribution < 1.29 is 33.0 Å². The van der Waals surface area contributed by atoms with E-state index in [-0.39, 0.29) is 49.0 Å². The van der Waals surface area contributed by atoms with E-state index in [1.807, 2.05) is 79.5 Å². The molecule has 6 heterocycles. The van der Waals surface area contributed by atoms with Crippen molar-refractivity contribution in [2.45, 2.75) is 109 Å². The lowest BCUT2D eigenvalue weighted by Gasteiger charge is -2.38. The number of ether oxygens (including phenoxy) is 2. The molecule has 2 bridgehead atoms.